The number of halogens is 1. The molecule has 1 aliphatic heterocycles. The zero-order valence-electron chi connectivity index (χ0n) is 19.4. The Balaban J connectivity index is 1.57. The van der Waals surface area contributed by atoms with Gasteiger partial charge in [-0.15, -0.1) is 0 Å². The van der Waals surface area contributed by atoms with Gasteiger partial charge in [-0.2, -0.15) is 0 Å². The summed E-state index contributed by atoms with van der Waals surface area (Å²) in [5.74, 6) is 1.47. The Morgan fingerprint density at radius 3 is 2.60 bits per heavy atom. The summed E-state index contributed by atoms with van der Waals surface area (Å²) in [6.45, 7) is 2.15. The Labute approximate surface area is 203 Å². The second-order valence-electron chi connectivity index (χ2n) is 9.59. The van der Waals surface area contributed by atoms with Crippen molar-refractivity contribution in [3.63, 3.8) is 0 Å². The quantitative estimate of drug-likeness (QED) is 0.382. The van der Waals surface area contributed by atoms with Crippen LogP contribution < -0.4 is 9.62 Å². The molecule has 1 saturated heterocycles. The van der Waals surface area contributed by atoms with E-state index in [1.807, 2.05) is 6.07 Å². The van der Waals surface area contributed by atoms with Crippen molar-refractivity contribution in [1.29, 1.82) is 0 Å². The van der Waals surface area contributed by atoms with Gasteiger partial charge in [0.1, 0.15) is 23.0 Å². The van der Waals surface area contributed by atoms with E-state index in [4.69, 9.17) is 4.42 Å². The van der Waals surface area contributed by atoms with Gasteiger partial charge in [-0.1, -0.05) is 0 Å². The predicted octanol–water partition coefficient (Wildman–Crippen LogP) is 4.88. The first-order valence-corrected chi connectivity index (χ1v) is 13.8. The van der Waals surface area contributed by atoms with Gasteiger partial charge in [-0.05, 0) is 80.1 Å². The van der Waals surface area contributed by atoms with Crippen molar-refractivity contribution < 1.29 is 17.2 Å². The molecule has 2 aromatic heterocycles. The summed E-state index contributed by atoms with van der Waals surface area (Å²) < 4.78 is 47.5. The minimum absolute atomic E-state index is 0.262. The lowest BCUT2D eigenvalue weighted by Crippen LogP contribution is -2.36. The lowest BCUT2D eigenvalue weighted by atomic mass is 10.00. The lowest BCUT2D eigenvalue weighted by molar-refractivity contribution is 0.564. The zero-order valence-corrected chi connectivity index (χ0v) is 20.2. The maximum Gasteiger partial charge on any atom is 0.232 e. The van der Waals surface area contributed by atoms with Crippen LogP contribution in [0.3, 0.4) is 0 Å². The SMILES string of the molecule is CS(=O)(=O)N(CC1CCNC1)c1cc2oc(-c3ccc(F)cc3)c(-c3ncc[nH]3)c2cc1C1CC1. The van der Waals surface area contributed by atoms with Gasteiger partial charge in [-0.25, -0.2) is 17.8 Å². The van der Waals surface area contributed by atoms with Gasteiger partial charge in [0.25, 0.3) is 0 Å². The molecule has 6 rings (SSSR count). The van der Waals surface area contributed by atoms with Crippen molar-refractivity contribution in [2.45, 2.75) is 25.2 Å². The lowest BCUT2D eigenvalue weighted by Gasteiger charge is -2.27. The first-order valence-electron chi connectivity index (χ1n) is 11.9. The Hall–Kier alpha value is -3.17. The first kappa shape index (κ1) is 22.3. The zero-order chi connectivity index (χ0) is 24.2. The number of hydrogen-bond acceptors (Lipinski definition) is 5. The van der Waals surface area contributed by atoms with Gasteiger partial charge < -0.3 is 14.7 Å². The summed E-state index contributed by atoms with van der Waals surface area (Å²) in [7, 11) is -3.50. The molecule has 35 heavy (non-hydrogen) atoms. The average molecular weight is 495 g/mol. The number of imidazole rings is 1. The Bertz CT molecular complexity index is 1470. The third-order valence-corrected chi connectivity index (χ3v) is 8.10. The molecule has 2 aromatic carbocycles. The molecule has 1 atom stereocenters. The summed E-state index contributed by atoms with van der Waals surface area (Å²) in [5, 5.41) is 4.19. The Morgan fingerprint density at radius 1 is 1.17 bits per heavy atom. The van der Waals surface area contributed by atoms with Gasteiger partial charge in [0, 0.05) is 36.0 Å². The maximum absolute atomic E-state index is 13.6. The molecule has 2 fully saturated rings. The van der Waals surface area contributed by atoms with Crippen LogP contribution in [-0.4, -0.2) is 44.3 Å². The Morgan fingerprint density at radius 2 is 1.97 bits per heavy atom. The molecule has 182 valence electrons. The van der Waals surface area contributed by atoms with Crippen LogP contribution in [0.5, 0.6) is 0 Å². The molecule has 0 spiro atoms. The first-order chi connectivity index (χ1) is 16.9. The summed E-state index contributed by atoms with van der Waals surface area (Å²) >= 11 is 0. The van der Waals surface area contributed by atoms with E-state index in [1.165, 1.54) is 18.4 Å². The smallest absolute Gasteiger partial charge is 0.232 e. The van der Waals surface area contributed by atoms with Crippen molar-refractivity contribution >= 4 is 26.7 Å². The fraction of sp³-hybridized carbons (Fsp3) is 0.346. The number of rotatable bonds is 7. The van der Waals surface area contributed by atoms with E-state index in [-0.39, 0.29) is 11.7 Å². The van der Waals surface area contributed by atoms with Crippen LogP contribution in [0.25, 0.3) is 33.7 Å². The van der Waals surface area contributed by atoms with Crippen molar-refractivity contribution in [3.8, 4) is 22.7 Å². The van der Waals surface area contributed by atoms with E-state index in [0.717, 1.165) is 54.4 Å². The summed E-state index contributed by atoms with van der Waals surface area (Å²) in [6, 6.07) is 10.1. The number of aromatic amines is 1. The van der Waals surface area contributed by atoms with Crippen molar-refractivity contribution in [1.82, 2.24) is 15.3 Å². The second kappa shape index (κ2) is 8.49. The number of fused-ring (bicyclic) bond motifs is 1. The van der Waals surface area contributed by atoms with E-state index < -0.39 is 10.0 Å². The number of sulfonamides is 1. The molecule has 0 radical (unpaired) electrons. The van der Waals surface area contributed by atoms with E-state index in [9.17, 15) is 12.8 Å². The van der Waals surface area contributed by atoms with Gasteiger partial charge >= 0.3 is 0 Å². The number of aromatic nitrogens is 2. The fourth-order valence-corrected chi connectivity index (χ4v) is 6.04. The normalized spacial score (nSPS) is 18.4. The highest BCUT2D eigenvalue weighted by atomic mass is 32.2. The molecule has 2 aliphatic rings. The number of furan rings is 1. The molecule has 4 aromatic rings. The molecule has 0 bridgehead atoms. The van der Waals surface area contributed by atoms with E-state index in [1.54, 1.807) is 28.8 Å². The number of nitrogens with zero attached hydrogens (tertiary/aromatic N) is 2. The molecule has 9 heteroatoms. The topological polar surface area (TPSA) is 91.2 Å². The van der Waals surface area contributed by atoms with Crippen LogP contribution in [-0.2, 0) is 10.0 Å². The monoisotopic (exact) mass is 494 g/mol. The largest absolute Gasteiger partial charge is 0.455 e. The number of anilines is 1. The van der Waals surface area contributed by atoms with Crippen molar-refractivity contribution in [2.75, 3.05) is 30.2 Å². The maximum atomic E-state index is 13.6. The standard InChI is InChI=1S/C26H27FN4O3S/c1-35(32,33)31(15-16-8-9-28-14-16)22-13-23-21(12-20(22)17-2-3-17)24(26-29-10-11-30-26)25(34-23)18-4-6-19(27)7-5-18/h4-7,10-13,16-17,28H,2-3,8-9,14-15H2,1H3,(H,29,30). The molecule has 1 saturated carbocycles. The predicted molar refractivity (Wildman–Crippen MR) is 134 cm³/mol. The average Bonchev–Trinajstić information content (AvgIpc) is 3.20. The molecular formula is C26H27FN4O3S. The molecule has 1 aliphatic carbocycles. The summed E-state index contributed by atoms with van der Waals surface area (Å²) in [4.78, 5) is 7.63. The second-order valence-corrected chi connectivity index (χ2v) is 11.5. The molecule has 3 heterocycles. The highest BCUT2D eigenvalue weighted by Gasteiger charge is 2.34. The van der Waals surface area contributed by atoms with Crippen LogP contribution in [0.4, 0.5) is 10.1 Å². The molecule has 1 unspecified atom stereocenters. The van der Waals surface area contributed by atoms with E-state index >= 15 is 0 Å². The van der Waals surface area contributed by atoms with Crippen molar-refractivity contribution in [2.24, 2.45) is 5.92 Å². The van der Waals surface area contributed by atoms with Crippen LogP contribution >= 0.6 is 0 Å². The van der Waals surface area contributed by atoms with Crippen molar-refractivity contribution in [3.05, 3.63) is 60.2 Å². The third kappa shape index (κ3) is 4.23. The number of H-pyrrole nitrogens is 1. The number of benzene rings is 2. The van der Waals surface area contributed by atoms with E-state index in [0.29, 0.717) is 35.3 Å². The van der Waals surface area contributed by atoms with Crippen LogP contribution in [0, 0.1) is 11.7 Å². The van der Waals surface area contributed by atoms with Gasteiger partial charge in [-0.3, -0.25) is 4.31 Å². The highest BCUT2D eigenvalue weighted by Crippen LogP contribution is 2.49. The van der Waals surface area contributed by atoms with Gasteiger partial charge in [0.05, 0.1) is 17.5 Å². The van der Waals surface area contributed by atoms with Crippen LogP contribution in [0.1, 0.15) is 30.7 Å². The number of nitrogens with one attached hydrogen (secondary N) is 2. The summed E-state index contributed by atoms with van der Waals surface area (Å²) in [5.41, 5.74) is 3.80. The Kier molecular flexibility index (Phi) is 5.41. The minimum Gasteiger partial charge on any atom is -0.455 e. The third-order valence-electron chi connectivity index (χ3n) is 6.95. The van der Waals surface area contributed by atoms with E-state index in [2.05, 4.69) is 21.4 Å². The number of hydrogen-bond donors (Lipinski definition) is 2. The van der Waals surface area contributed by atoms with Gasteiger partial charge in [0.15, 0.2) is 0 Å². The molecular weight excluding hydrogens is 467 g/mol. The van der Waals surface area contributed by atoms with Crippen LogP contribution in [0.15, 0.2) is 53.2 Å². The molecule has 0 amide bonds. The van der Waals surface area contributed by atoms with Gasteiger partial charge in [0.2, 0.25) is 10.0 Å². The molecule has 7 nitrogen and oxygen atoms in total. The summed E-state index contributed by atoms with van der Waals surface area (Å²) in [6.07, 6.45) is 7.71. The molecule has 2 N–H and O–H groups in total. The highest BCUT2D eigenvalue weighted by molar-refractivity contribution is 7.92. The van der Waals surface area contributed by atoms with Crippen LogP contribution in [0.2, 0.25) is 0 Å². The fourth-order valence-electron chi connectivity index (χ4n) is 5.05. The minimum atomic E-state index is -3.50.